The summed E-state index contributed by atoms with van der Waals surface area (Å²) in [6.07, 6.45) is 1.28. The largest absolute Gasteiger partial charge is 0.508 e. The van der Waals surface area contributed by atoms with Crippen LogP contribution < -0.4 is 11.1 Å². The minimum absolute atomic E-state index is 0. The number of primary amides is 1. The number of hydrogen-bond donors (Lipinski definition) is 4. The van der Waals surface area contributed by atoms with Crippen LogP contribution >= 0.6 is 12.4 Å². The van der Waals surface area contributed by atoms with E-state index in [0.29, 0.717) is 39.0 Å². The highest BCUT2D eigenvalue weighted by atomic mass is 35.5. The number of nitrogens with two attached hydrogens (primary N) is 1. The number of carbonyl (C=O) groups is 2. The Balaban J connectivity index is 0.00000320. The average Bonchev–Trinajstić information content (AvgIpc) is 3.20. The second-order valence-corrected chi connectivity index (χ2v) is 7.43. The molecule has 1 aliphatic rings. The Kier molecular flexibility index (Phi) is 8.50. The Morgan fingerprint density at radius 3 is 1.73 bits per heavy atom. The average molecular weight is 434 g/mol. The van der Waals surface area contributed by atoms with Gasteiger partial charge in [0.25, 0.3) is 0 Å². The van der Waals surface area contributed by atoms with E-state index in [2.05, 4.69) is 5.32 Å². The van der Waals surface area contributed by atoms with E-state index in [1.54, 1.807) is 29.2 Å². The Bertz CT molecular complexity index is 793. The zero-order chi connectivity index (χ0) is 20.8. The zero-order valence-corrected chi connectivity index (χ0v) is 17.5. The molecule has 1 fully saturated rings. The van der Waals surface area contributed by atoms with Crippen molar-refractivity contribution in [3.05, 3.63) is 59.7 Å². The van der Waals surface area contributed by atoms with Gasteiger partial charge in [0.05, 0.1) is 11.8 Å². The molecule has 2 unspecified atom stereocenters. The third kappa shape index (κ3) is 6.11. The van der Waals surface area contributed by atoms with Crippen LogP contribution in [0.5, 0.6) is 11.5 Å². The van der Waals surface area contributed by atoms with Gasteiger partial charge in [-0.2, -0.15) is 0 Å². The second kappa shape index (κ2) is 10.8. The molecule has 1 aliphatic heterocycles. The molecule has 2 atom stereocenters. The van der Waals surface area contributed by atoms with Gasteiger partial charge in [-0.3, -0.25) is 9.59 Å². The number of rotatable bonds is 8. The van der Waals surface area contributed by atoms with E-state index in [-0.39, 0.29) is 29.8 Å². The van der Waals surface area contributed by atoms with Crippen LogP contribution in [0, 0.1) is 11.8 Å². The van der Waals surface area contributed by atoms with Crippen LogP contribution in [0.25, 0.3) is 0 Å². The van der Waals surface area contributed by atoms with Crippen LogP contribution in [0.15, 0.2) is 48.5 Å². The number of hydrogen-bond acceptors (Lipinski definition) is 5. The van der Waals surface area contributed by atoms with Gasteiger partial charge in [0.15, 0.2) is 0 Å². The molecule has 0 saturated carbocycles. The molecule has 30 heavy (non-hydrogen) atoms. The van der Waals surface area contributed by atoms with Crippen LogP contribution in [-0.4, -0.2) is 53.1 Å². The highest BCUT2D eigenvalue weighted by Crippen LogP contribution is 2.20. The van der Waals surface area contributed by atoms with Crippen molar-refractivity contribution < 1.29 is 19.8 Å². The predicted molar refractivity (Wildman–Crippen MR) is 116 cm³/mol. The maximum Gasteiger partial charge on any atom is 0.227 e. The SMILES string of the molecule is Cl.NC(=O)C1CNCC1C(=O)N(CCc1ccc(O)cc1)CCc1ccc(O)cc1. The predicted octanol–water partition coefficient (Wildman–Crippen LogP) is 1.45. The third-order valence-corrected chi connectivity index (χ3v) is 5.42. The minimum Gasteiger partial charge on any atom is -0.508 e. The highest BCUT2D eigenvalue weighted by molar-refractivity contribution is 5.88. The molecule has 1 heterocycles. The number of aromatic hydroxyl groups is 2. The molecule has 1 saturated heterocycles. The summed E-state index contributed by atoms with van der Waals surface area (Å²) in [5, 5.41) is 22.0. The van der Waals surface area contributed by atoms with E-state index in [1.165, 1.54) is 0 Å². The molecule has 8 heteroatoms. The second-order valence-electron chi connectivity index (χ2n) is 7.43. The first-order chi connectivity index (χ1) is 13.9. The Morgan fingerprint density at radius 1 is 0.867 bits per heavy atom. The fraction of sp³-hybridized carbons (Fsp3) is 0.364. The molecule has 0 radical (unpaired) electrons. The molecular formula is C22H28ClN3O4. The van der Waals surface area contributed by atoms with Gasteiger partial charge in [-0.1, -0.05) is 24.3 Å². The van der Waals surface area contributed by atoms with Crippen LogP contribution in [0.1, 0.15) is 11.1 Å². The number of phenolic OH excluding ortho intramolecular Hbond substituents is 2. The van der Waals surface area contributed by atoms with Crippen LogP contribution in [0.4, 0.5) is 0 Å². The van der Waals surface area contributed by atoms with Crippen molar-refractivity contribution in [2.45, 2.75) is 12.8 Å². The van der Waals surface area contributed by atoms with Crippen molar-refractivity contribution in [3.63, 3.8) is 0 Å². The maximum atomic E-state index is 13.2. The lowest BCUT2D eigenvalue weighted by Gasteiger charge is -2.27. The molecule has 3 rings (SSSR count). The lowest BCUT2D eigenvalue weighted by molar-refractivity contribution is -0.139. The van der Waals surface area contributed by atoms with Crippen LogP contribution in [-0.2, 0) is 22.4 Å². The molecule has 5 N–H and O–H groups in total. The molecule has 2 amide bonds. The number of phenols is 2. The van der Waals surface area contributed by atoms with Gasteiger partial charge >= 0.3 is 0 Å². The first-order valence-electron chi connectivity index (χ1n) is 9.78. The molecule has 162 valence electrons. The van der Waals surface area contributed by atoms with Crippen LogP contribution in [0.3, 0.4) is 0 Å². The molecule has 2 aromatic rings. The van der Waals surface area contributed by atoms with E-state index in [4.69, 9.17) is 5.73 Å². The minimum atomic E-state index is -0.493. The van der Waals surface area contributed by atoms with Crippen molar-refractivity contribution in [3.8, 4) is 11.5 Å². The normalized spacial score (nSPS) is 17.9. The molecule has 0 bridgehead atoms. The van der Waals surface area contributed by atoms with Gasteiger partial charge in [-0.15, -0.1) is 12.4 Å². The van der Waals surface area contributed by atoms with Gasteiger partial charge in [-0.05, 0) is 48.2 Å². The van der Waals surface area contributed by atoms with E-state index in [1.807, 2.05) is 24.3 Å². The zero-order valence-electron chi connectivity index (χ0n) is 16.7. The number of carbonyl (C=O) groups excluding carboxylic acids is 2. The fourth-order valence-corrected chi connectivity index (χ4v) is 3.66. The quantitative estimate of drug-likeness (QED) is 0.503. The Hall–Kier alpha value is -2.77. The maximum absolute atomic E-state index is 13.2. The van der Waals surface area contributed by atoms with Crippen LogP contribution in [0.2, 0.25) is 0 Å². The van der Waals surface area contributed by atoms with Gasteiger partial charge in [0, 0.05) is 26.2 Å². The lowest BCUT2D eigenvalue weighted by Crippen LogP contribution is -2.44. The summed E-state index contributed by atoms with van der Waals surface area (Å²) in [5.41, 5.74) is 7.52. The molecule has 0 spiro atoms. The van der Waals surface area contributed by atoms with E-state index < -0.39 is 17.7 Å². The topological polar surface area (TPSA) is 116 Å². The standard InChI is InChI=1S/C22H27N3O4.ClH/c23-21(28)19-13-24-14-20(19)22(29)25(11-9-15-1-5-17(26)6-2-15)12-10-16-3-7-18(27)8-4-16;/h1-8,19-20,24,26-27H,9-14H2,(H2,23,28);1H. The summed E-state index contributed by atoms with van der Waals surface area (Å²) in [5.74, 6) is -1.06. The number of nitrogens with one attached hydrogen (secondary N) is 1. The summed E-state index contributed by atoms with van der Waals surface area (Å²) < 4.78 is 0. The van der Waals surface area contributed by atoms with Crippen molar-refractivity contribution in [2.24, 2.45) is 17.6 Å². The van der Waals surface area contributed by atoms with Crippen molar-refractivity contribution in [1.29, 1.82) is 0 Å². The number of nitrogens with zero attached hydrogens (tertiary/aromatic N) is 1. The molecule has 7 nitrogen and oxygen atoms in total. The summed E-state index contributed by atoms with van der Waals surface area (Å²) >= 11 is 0. The molecular weight excluding hydrogens is 406 g/mol. The Labute approximate surface area is 182 Å². The summed E-state index contributed by atoms with van der Waals surface area (Å²) in [7, 11) is 0. The first-order valence-corrected chi connectivity index (χ1v) is 9.78. The fourth-order valence-electron chi connectivity index (χ4n) is 3.66. The van der Waals surface area contributed by atoms with Crippen molar-refractivity contribution in [1.82, 2.24) is 10.2 Å². The Morgan fingerprint density at radius 2 is 1.30 bits per heavy atom. The van der Waals surface area contributed by atoms with Gasteiger partial charge in [0.1, 0.15) is 11.5 Å². The van der Waals surface area contributed by atoms with Gasteiger partial charge < -0.3 is 26.2 Å². The summed E-state index contributed by atoms with van der Waals surface area (Å²) in [6, 6.07) is 13.8. The highest BCUT2D eigenvalue weighted by Gasteiger charge is 2.38. The first kappa shape index (κ1) is 23.5. The van der Waals surface area contributed by atoms with E-state index in [0.717, 1.165) is 11.1 Å². The number of benzene rings is 2. The smallest absolute Gasteiger partial charge is 0.227 e. The van der Waals surface area contributed by atoms with Crippen molar-refractivity contribution in [2.75, 3.05) is 26.2 Å². The number of halogens is 1. The summed E-state index contributed by atoms with van der Waals surface area (Å²) in [4.78, 5) is 26.7. The summed E-state index contributed by atoms with van der Waals surface area (Å²) in [6.45, 7) is 1.88. The third-order valence-electron chi connectivity index (χ3n) is 5.42. The molecule has 2 aromatic carbocycles. The number of amides is 2. The van der Waals surface area contributed by atoms with Gasteiger partial charge in [-0.25, -0.2) is 0 Å². The van der Waals surface area contributed by atoms with E-state index in [9.17, 15) is 19.8 Å². The monoisotopic (exact) mass is 433 g/mol. The lowest BCUT2D eigenvalue weighted by atomic mass is 9.93. The van der Waals surface area contributed by atoms with Gasteiger partial charge in [0.2, 0.25) is 11.8 Å². The van der Waals surface area contributed by atoms with E-state index >= 15 is 0 Å². The molecule has 0 aromatic heterocycles. The molecule has 0 aliphatic carbocycles. The van der Waals surface area contributed by atoms with Crippen molar-refractivity contribution >= 4 is 24.2 Å².